The number of hydrogen-bond donors (Lipinski definition) is 0. The molecule has 310 valence electrons. The van der Waals surface area contributed by atoms with Gasteiger partial charge in [-0.2, -0.15) is 0 Å². The van der Waals surface area contributed by atoms with E-state index in [9.17, 15) is 0 Å². The minimum Gasteiger partial charge on any atom is -1.00 e. The van der Waals surface area contributed by atoms with Crippen LogP contribution < -0.4 is 28.1 Å². The third kappa shape index (κ3) is 9.66. The van der Waals surface area contributed by atoms with E-state index in [-0.39, 0.29) is 51.9 Å². The van der Waals surface area contributed by atoms with E-state index in [4.69, 9.17) is 23.2 Å². The van der Waals surface area contributed by atoms with Crippen LogP contribution in [-0.4, -0.2) is 3.21 Å². The van der Waals surface area contributed by atoms with Crippen LogP contribution in [-0.2, 0) is 49.3 Å². The Kier molecular flexibility index (Phi) is 14.5. The van der Waals surface area contributed by atoms with Gasteiger partial charge >= 0.3 is 361 Å². The first-order chi connectivity index (χ1) is 25.7. The third-order valence-electron chi connectivity index (χ3n) is 11.9. The van der Waals surface area contributed by atoms with Crippen molar-refractivity contribution in [1.82, 2.24) is 0 Å². The summed E-state index contributed by atoms with van der Waals surface area (Å²) >= 11 is 10.6. The van der Waals surface area contributed by atoms with E-state index in [2.05, 4.69) is 178 Å². The fourth-order valence-corrected chi connectivity index (χ4v) is 19.2. The number of allylic oxidation sites excluding steroid dienone is 4. The minimum absolute atomic E-state index is 0. The SMILES string of the molecule is CCC1C=C(C(C)(C)C)C=[C]1[Zr+2](=[C](c1cccc(Cl)c1)c1cccc(Cl)c1)[c]1c2c(cc(C(C)(C)C)c1C(C)(C)C)-c1cc(C(C)(C)C)c(C(C)(C)C)cc1C2.[Cl-].[Cl-]. The van der Waals surface area contributed by atoms with E-state index in [0.717, 1.165) is 22.9 Å². The topological polar surface area (TPSA) is 0 Å². The molecule has 0 fully saturated rings. The molecule has 4 aromatic carbocycles. The zero-order valence-corrected chi connectivity index (χ0v) is 43.5. The molecule has 0 N–H and O–H groups in total. The molecule has 0 aromatic heterocycles. The maximum absolute atomic E-state index is 6.96. The quantitative estimate of drug-likeness (QED) is 0.165. The van der Waals surface area contributed by atoms with Gasteiger partial charge in [0.15, 0.2) is 0 Å². The molecular weight excluding hydrogens is 870 g/mol. The Balaban J connectivity index is 0.00000372. The van der Waals surface area contributed by atoms with Crippen molar-refractivity contribution in [3.8, 4) is 11.1 Å². The third-order valence-corrected chi connectivity index (χ3v) is 20.3. The Morgan fingerprint density at radius 2 is 1.09 bits per heavy atom. The van der Waals surface area contributed by atoms with Crippen molar-refractivity contribution in [2.45, 2.75) is 145 Å². The molecule has 0 bridgehead atoms. The average Bonchev–Trinajstić information content (AvgIpc) is 3.66. The van der Waals surface area contributed by atoms with Crippen molar-refractivity contribution in [2.75, 3.05) is 0 Å². The Morgan fingerprint density at radius 3 is 1.52 bits per heavy atom. The standard InChI is InChI=1S/C29H41.C13H8Cl2.C11H17.2ClH.Zr/c1-26(2,3)22-14-18-13-19-15-23(27(4,5)6)25(29(10,11)12)17-21(19)20(18)16-24(22)28(7,8)9;14-12-5-1-3-10(8-12)7-11-4-2-6-13(15)9-11;1-5-9-6-7-10(8-9)11(2,3)4;;;/h14,16-17H,13H2,1-12H3;1-6,8-9H;7-9H,5H2,1-4H3;2*1H;/q;;;;;+2/p-2. The van der Waals surface area contributed by atoms with Gasteiger partial charge < -0.3 is 24.8 Å². The van der Waals surface area contributed by atoms with Gasteiger partial charge in [-0.15, -0.1) is 0 Å². The Morgan fingerprint density at radius 1 is 0.603 bits per heavy atom. The van der Waals surface area contributed by atoms with Crippen molar-refractivity contribution >= 4 is 29.7 Å². The summed E-state index contributed by atoms with van der Waals surface area (Å²) in [7, 11) is 0. The van der Waals surface area contributed by atoms with Gasteiger partial charge in [0.2, 0.25) is 0 Å². The van der Waals surface area contributed by atoms with Crippen molar-refractivity contribution < 1.29 is 46.1 Å². The summed E-state index contributed by atoms with van der Waals surface area (Å²) in [6, 6.07) is 25.2. The number of fused-ring (bicyclic) bond motifs is 3. The average molecular weight is 936 g/mol. The summed E-state index contributed by atoms with van der Waals surface area (Å²) in [5, 5.41) is 1.54. The smallest absolute Gasteiger partial charge is 1.00 e. The van der Waals surface area contributed by atoms with Crippen molar-refractivity contribution in [2.24, 2.45) is 11.3 Å². The predicted octanol–water partition coefficient (Wildman–Crippen LogP) is 9.17. The number of halogens is 4. The summed E-state index contributed by atoms with van der Waals surface area (Å²) in [6.45, 7) is 38.5. The largest absolute Gasteiger partial charge is 1.00 e. The Bertz CT molecular complexity index is 2250. The zero-order valence-electron chi connectivity index (χ0n) is 38.0. The first-order valence-electron chi connectivity index (χ1n) is 20.8. The fraction of sp³-hybridized carbons (Fsp3) is 0.453. The van der Waals surface area contributed by atoms with Crippen molar-refractivity contribution in [3.05, 3.63) is 142 Å². The molecule has 0 amide bonds. The predicted molar refractivity (Wildman–Crippen MR) is 245 cm³/mol. The van der Waals surface area contributed by atoms with Gasteiger partial charge in [-0.1, -0.05) is 0 Å². The second kappa shape index (κ2) is 17.2. The molecule has 0 nitrogen and oxygen atoms in total. The van der Waals surface area contributed by atoms with E-state index in [1.54, 1.807) is 17.7 Å². The van der Waals surface area contributed by atoms with Crippen LogP contribution in [0, 0.1) is 11.3 Å². The molecule has 1 unspecified atom stereocenters. The van der Waals surface area contributed by atoms with Gasteiger partial charge in [0.1, 0.15) is 0 Å². The van der Waals surface area contributed by atoms with E-state index < -0.39 is 21.3 Å². The summed E-state index contributed by atoms with van der Waals surface area (Å²) < 4.78 is 4.79. The first-order valence-corrected chi connectivity index (χ1v) is 25.3. The van der Waals surface area contributed by atoms with Crippen LogP contribution >= 0.6 is 23.2 Å². The molecule has 2 aliphatic carbocycles. The van der Waals surface area contributed by atoms with Crippen LogP contribution in [0.1, 0.15) is 162 Å². The molecule has 5 heteroatoms. The molecule has 0 saturated heterocycles. The van der Waals surface area contributed by atoms with E-state index in [1.807, 2.05) is 12.1 Å². The molecule has 0 radical (unpaired) electrons. The molecule has 0 aliphatic heterocycles. The second-order valence-corrected chi connectivity index (χ2v) is 28.3. The summed E-state index contributed by atoms with van der Waals surface area (Å²) in [4.78, 5) is 0. The van der Waals surface area contributed by atoms with Crippen LogP contribution in [0.15, 0.2) is 87.7 Å². The zero-order chi connectivity index (χ0) is 41.5. The number of rotatable bonds is 5. The molecule has 0 heterocycles. The van der Waals surface area contributed by atoms with Crippen LogP contribution in [0.3, 0.4) is 0 Å². The van der Waals surface area contributed by atoms with Crippen LogP contribution in [0.5, 0.6) is 0 Å². The van der Waals surface area contributed by atoms with E-state index in [1.165, 1.54) is 53.3 Å². The molecule has 58 heavy (non-hydrogen) atoms. The van der Waals surface area contributed by atoms with E-state index in [0.29, 0.717) is 5.92 Å². The number of hydrogen-bond acceptors (Lipinski definition) is 0. The van der Waals surface area contributed by atoms with Crippen molar-refractivity contribution in [3.63, 3.8) is 0 Å². The molecule has 4 aromatic rings. The van der Waals surface area contributed by atoms with Crippen LogP contribution in [0.2, 0.25) is 10.0 Å². The first kappa shape index (κ1) is 48.9. The van der Waals surface area contributed by atoms with E-state index >= 15 is 0 Å². The maximum atomic E-state index is 6.96. The summed E-state index contributed by atoms with van der Waals surface area (Å²) in [6.07, 6.45) is 7.31. The molecule has 0 spiro atoms. The molecule has 0 saturated carbocycles. The van der Waals surface area contributed by atoms with Crippen molar-refractivity contribution in [1.29, 1.82) is 0 Å². The normalized spacial score (nSPS) is 15.4. The summed E-state index contributed by atoms with van der Waals surface area (Å²) in [5.74, 6) is 0.373. The van der Waals surface area contributed by atoms with Gasteiger partial charge in [0.25, 0.3) is 0 Å². The number of benzene rings is 4. The monoisotopic (exact) mass is 932 g/mol. The fourth-order valence-electron chi connectivity index (χ4n) is 9.12. The summed E-state index contributed by atoms with van der Waals surface area (Å²) in [5.41, 5.74) is 15.7. The molecule has 6 rings (SSSR count). The molecule has 1 atom stereocenters. The van der Waals surface area contributed by atoms with Gasteiger partial charge in [-0.3, -0.25) is 0 Å². The van der Waals surface area contributed by atoms with Gasteiger partial charge in [-0.05, 0) is 0 Å². The molecule has 2 aliphatic rings. The van der Waals surface area contributed by atoms with Crippen LogP contribution in [0.25, 0.3) is 11.1 Å². The second-order valence-electron chi connectivity index (χ2n) is 21.7. The van der Waals surface area contributed by atoms with Gasteiger partial charge in [0.05, 0.1) is 0 Å². The minimum atomic E-state index is -3.29. The Hall–Kier alpha value is -1.73. The van der Waals surface area contributed by atoms with Gasteiger partial charge in [0, 0.05) is 0 Å². The molecular formula is C53H66Cl4Zr. The van der Waals surface area contributed by atoms with Gasteiger partial charge in [-0.25, -0.2) is 0 Å². The van der Waals surface area contributed by atoms with Crippen LogP contribution in [0.4, 0.5) is 0 Å². The Labute approximate surface area is 382 Å². The maximum Gasteiger partial charge on any atom is -1.00 e.